The molecule has 0 saturated heterocycles. The molecule has 0 saturated carbocycles. The molecule has 0 aliphatic rings. The Morgan fingerprint density at radius 2 is 2.12 bits per heavy atom. The van der Waals surface area contributed by atoms with E-state index < -0.39 is 5.91 Å². The van der Waals surface area contributed by atoms with Gasteiger partial charge in [-0.25, -0.2) is 0 Å². The van der Waals surface area contributed by atoms with Crippen LogP contribution >= 0.6 is 0 Å². The van der Waals surface area contributed by atoms with Gasteiger partial charge in [-0.05, 0) is 26.0 Å². The highest BCUT2D eigenvalue weighted by molar-refractivity contribution is 6.08. The summed E-state index contributed by atoms with van der Waals surface area (Å²) in [7, 11) is 1.68. The molecule has 9 nitrogen and oxygen atoms in total. The second kappa shape index (κ2) is 7.26. The number of hydrogen-bond donors (Lipinski definition) is 2. The van der Waals surface area contributed by atoms with Crippen molar-refractivity contribution in [2.45, 2.75) is 26.9 Å². The molecular weight excluding hydrogens is 336 g/mol. The van der Waals surface area contributed by atoms with Crippen molar-refractivity contribution < 1.29 is 14.0 Å². The molecule has 2 amide bonds. The van der Waals surface area contributed by atoms with Gasteiger partial charge >= 0.3 is 0 Å². The van der Waals surface area contributed by atoms with Gasteiger partial charge in [-0.2, -0.15) is 10.2 Å². The van der Waals surface area contributed by atoms with Crippen molar-refractivity contribution in [3.8, 4) is 0 Å². The molecule has 26 heavy (non-hydrogen) atoms. The van der Waals surface area contributed by atoms with Crippen molar-refractivity contribution in [3.63, 3.8) is 0 Å². The maximum atomic E-state index is 12.5. The Kier molecular flexibility index (Phi) is 4.87. The van der Waals surface area contributed by atoms with E-state index in [1.165, 1.54) is 17.1 Å². The molecule has 0 aliphatic carbocycles. The van der Waals surface area contributed by atoms with Crippen LogP contribution in [0.15, 0.2) is 35.2 Å². The van der Waals surface area contributed by atoms with Crippen LogP contribution in [0.3, 0.4) is 0 Å². The number of carbonyl (C=O) groups is 2. The summed E-state index contributed by atoms with van der Waals surface area (Å²) in [6.45, 7) is 4.68. The highest BCUT2D eigenvalue weighted by Gasteiger charge is 2.20. The summed E-state index contributed by atoms with van der Waals surface area (Å²) in [6.07, 6.45) is 4.63. The van der Waals surface area contributed by atoms with Gasteiger partial charge in [-0.3, -0.25) is 19.0 Å². The molecule has 0 atom stereocenters. The number of nitrogens with zero attached hydrogens (tertiary/aromatic N) is 4. The van der Waals surface area contributed by atoms with Crippen LogP contribution < -0.4 is 10.6 Å². The van der Waals surface area contributed by atoms with Crippen LogP contribution in [0.5, 0.6) is 0 Å². The molecule has 3 aromatic rings. The first-order valence-corrected chi connectivity index (χ1v) is 8.17. The number of rotatable bonds is 6. The minimum Gasteiger partial charge on any atom is -0.467 e. The number of aromatic nitrogens is 4. The standard InChI is InChI=1S/C17H20N6O3/c1-4-23-11(2)13(9-19-23)16(24)20-14-10-22(3)21-15(14)17(25)18-8-12-6-5-7-26-12/h5-7,9-10H,4,8H2,1-3H3,(H,18,25)(H,20,24). The van der Waals surface area contributed by atoms with Crippen molar-refractivity contribution in [2.75, 3.05) is 5.32 Å². The number of nitrogens with one attached hydrogen (secondary N) is 2. The van der Waals surface area contributed by atoms with Gasteiger partial charge in [0.15, 0.2) is 5.69 Å². The molecule has 3 rings (SSSR count). The number of anilines is 1. The van der Waals surface area contributed by atoms with Gasteiger partial charge in [0.05, 0.1) is 30.3 Å². The first-order chi connectivity index (χ1) is 12.5. The lowest BCUT2D eigenvalue weighted by Gasteiger charge is -2.06. The third-order valence-corrected chi connectivity index (χ3v) is 3.94. The molecule has 0 radical (unpaired) electrons. The van der Waals surface area contributed by atoms with Crippen molar-refractivity contribution in [2.24, 2.45) is 7.05 Å². The minimum atomic E-state index is -0.404. The predicted octanol–water partition coefficient (Wildman–Crippen LogP) is 1.72. The molecule has 0 aromatic carbocycles. The molecule has 9 heteroatoms. The zero-order valence-corrected chi connectivity index (χ0v) is 14.8. The fourth-order valence-electron chi connectivity index (χ4n) is 2.59. The first-order valence-electron chi connectivity index (χ1n) is 8.17. The fraction of sp³-hybridized carbons (Fsp3) is 0.294. The summed E-state index contributed by atoms with van der Waals surface area (Å²) in [4.78, 5) is 25.0. The van der Waals surface area contributed by atoms with E-state index in [4.69, 9.17) is 4.42 Å². The van der Waals surface area contributed by atoms with E-state index in [1.807, 2.05) is 13.8 Å². The van der Waals surface area contributed by atoms with Gasteiger partial charge < -0.3 is 15.1 Å². The summed E-state index contributed by atoms with van der Waals surface area (Å²) in [5.74, 6) is -0.115. The molecule has 3 heterocycles. The van der Waals surface area contributed by atoms with E-state index >= 15 is 0 Å². The van der Waals surface area contributed by atoms with E-state index in [0.717, 1.165) is 5.69 Å². The number of amides is 2. The molecule has 0 fully saturated rings. The topological polar surface area (TPSA) is 107 Å². The second-order valence-corrected chi connectivity index (χ2v) is 5.74. The lowest BCUT2D eigenvalue weighted by Crippen LogP contribution is -2.25. The Balaban J connectivity index is 1.74. The predicted molar refractivity (Wildman–Crippen MR) is 93.7 cm³/mol. The quantitative estimate of drug-likeness (QED) is 0.699. The normalized spacial score (nSPS) is 10.7. The maximum Gasteiger partial charge on any atom is 0.274 e. The summed E-state index contributed by atoms with van der Waals surface area (Å²) in [6, 6.07) is 3.50. The number of aryl methyl sites for hydroxylation is 2. The zero-order chi connectivity index (χ0) is 18.7. The molecule has 2 N–H and O–H groups in total. The Morgan fingerprint density at radius 3 is 2.77 bits per heavy atom. The Morgan fingerprint density at radius 1 is 1.31 bits per heavy atom. The molecule has 136 valence electrons. The van der Waals surface area contributed by atoms with Crippen molar-refractivity contribution in [1.29, 1.82) is 0 Å². The highest BCUT2D eigenvalue weighted by atomic mass is 16.3. The van der Waals surface area contributed by atoms with E-state index in [-0.39, 0.29) is 18.1 Å². The minimum absolute atomic E-state index is 0.132. The van der Waals surface area contributed by atoms with E-state index in [2.05, 4.69) is 20.8 Å². The first kappa shape index (κ1) is 17.5. The van der Waals surface area contributed by atoms with Crippen LogP contribution in [0.2, 0.25) is 0 Å². The summed E-state index contributed by atoms with van der Waals surface area (Å²) in [5.41, 5.74) is 1.68. The van der Waals surface area contributed by atoms with Gasteiger partial charge in [0.25, 0.3) is 11.8 Å². The van der Waals surface area contributed by atoms with Crippen LogP contribution in [-0.2, 0) is 20.1 Å². The van der Waals surface area contributed by atoms with Crippen LogP contribution in [0.1, 0.15) is 39.2 Å². The van der Waals surface area contributed by atoms with Crippen LogP contribution in [-0.4, -0.2) is 31.4 Å². The fourth-order valence-corrected chi connectivity index (χ4v) is 2.59. The Hall–Kier alpha value is -3.36. The number of carbonyl (C=O) groups excluding carboxylic acids is 2. The SMILES string of the molecule is CCn1ncc(C(=O)Nc2cn(C)nc2C(=O)NCc2ccco2)c1C. The summed E-state index contributed by atoms with van der Waals surface area (Å²) < 4.78 is 8.39. The van der Waals surface area contributed by atoms with E-state index in [1.54, 1.807) is 30.1 Å². The third-order valence-electron chi connectivity index (χ3n) is 3.94. The second-order valence-electron chi connectivity index (χ2n) is 5.74. The van der Waals surface area contributed by atoms with Crippen LogP contribution in [0, 0.1) is 6.92 Å². The lowest BCUT2D eigenvalue weighted by molar-refractivity contribution is 0.0943. The maximum absolute atomic E-state index is 12.5. The van der Waals surface area contributed by atoms with E-state index in [9.17, 15) is 9.59 Å². The van der Waals surface area contributed by atoms with Gasteiger partial charge in [0.2, 0.25) is 0 Å². The van der Waals surface area contributed by atoms with Crippen molar-refractivity contribution in [3.05, 3.63) is 53.5 Å². The number of hydrogen-bond acceptors (Lipinski definition) is 5. The highest BCUT2D eigenvalue weighted by Crippen LogP contribution is 2.16. The number of furan rings is 1. The summed E-state index contributed by atoms with van der Waals surface area (Å²) in [5, 5.41) is 13.8. The molecule has 0 unspecified atom stereocenters. The Bertz CT molecular complexity index is 923. The lowest BCUT2D eigenvalue weighted by atomic mass is 10.2. The third kappa shape index (κ3) is 3.51. The van der Waals surface area contributed by atoms with Gasteiger partial charge in [-0.1, -0.05) is 0 Å². The zero-order valence-electron chi connectivity index (χ0n) is 14.8. The van der Waals surface area contributed by atoms with Gasteiger partial charge in [0.1, 0.15) is 5.76 Å². The molecule has 0 spiro atoms. The van der Waals surface area contributed by atoms with E-state index in [0.29, 0.717) is 23.6 Å². The molecular formula is C17H20N6O3. The molecule has 3 aromatic heterocycles. The average Bonchev–Trinajstić information content (AvgIpc) is 3.33. The van der Waals surface area contributed by atoms with Gasteiger partial charge in [-0.15, -0.1) is 0 Å². The monoisotopic (exact) mass is 356 g/mol. The van der Waals surface area contributed by atoms with Gasteiger partial charge in [0, 0.05) is 25.5 Å². The smallest absolute Gasteiger partial charge is 0.274 e. The molecule has 0 aliphatic heterocycles. The Labute approximate surface area is 150 Å². The van der Waals surface area contributed by atoms with Crippen LogP contribution in [0.4, 0.5) is 5.69 Å². The van der Waals surface area contributed by atoms with Crippen molar-refractivity contribution in [1.82, 2.24) is 24.9 Å². The summed E-state index contributed by atoms with van der Waals surface area (Å²) >= 11 is 0. The van der Waals surface area contributed by atoms with Crippen molar-refractivity contribution >= 4 is 17.5 Å². The average molecular weight is 356 g/mol. The largest absolute Gasteiger partial charge is 0.467 e. The molecule has 0 bridgehead atoms. The van der Waals surface area contributed by atoms with Crippen LogP contribution in [0.25, 0.3) is 0 Å².